The number of rotatable bonds is 12. The van der Waals surface area contributed by atoms with E-state index in [-0.39, 0.29) is 39.7 Å². The summed E-state index contributed by atoms with van der Waals surface area (Å²) >= 11 is 1.37. The minimum absolute atomic E-state index is 0.0968. The predicted molar refractivity (Wildman–Crippen MR) is 192 cm³/mol. The maximum atomic E-state index is 13.2. The summed E-state index contributed by atoms with van der Waals surface area (Å²) in [5.74, 6) is -7.10. The first-order valence-corrected chi connectivity index (χ1v) is 19.0. The van der Waals surface area contributed by atoms with Crippen LogP contribution in [0.4, 0.5) is 26.3 Å². The largest absolute Gasteiger partial charge is 0.491 e. The number of hydrogen-bond donors (Lipinski definition) is 3. The minimum atomic E-state index is -5.37. The van der Waals surface area contributed by atoms with E-state index in [0.717, 1.165) is 34.6 Å². The molecule has 1 atom stereocenters. The van der Waals surface area contributed by atoms with Crippen LogP contribution in [0.15, 0.2) is 53.3 Å². The topological polar surface area (TPSA) is 168 Å². The summed E-state index contributed by atoms with van der Waals surface area (Å²) in [5, 5.41) is 12.2. The second-order valence-electron chi connectivity index (χ2n) is 13.4. The summed E-state index contributed by atoms with van der Waals surface area (Å²) in [4.78, 5) is 65.8. The van der Waals surface area contributed by atoms with E-state index in [1.54, 1.807) is 4.90 Å². The molecule has 4 aromatic rings. The Balaban J connectivity index is 1.05. The number of nitrogens with one attached hydrogen (secondary N) is 2. The number of fused-ring (bicyclic) bond motifs is 1. The average Bonchev–Trinajstić information content (AvgIpc) is 3.81. The number of carboxylic acids is 1. The van der Waals surface area contributed by atoms with Gasteiger partial charge in [-0.3, -0.25) is 14.5 Å². The number of benzene rings is 2. The van der Waals surface area contributed by atoms with Crippen molar-refractivity contribution in [1.29, 1.82) is 0 Å². The smallest absolute Gasteiger partial charge is 0.477 e. The summed E-state index contributed by atoms with van der Waals surface area (Å²) in [7, 11) is 0. The number of morpholine rings is 1. The van der Waals surface area contributed by atoms with Gasteiger partial charge >= 0.3 is 35.1 Å². The number of ether oxygens (including phenoxy) is 3. The number of aromatic carboxylic acids is 1. The molecule has 0 bridgehead atoms. The van der Waals surface area contributed by atoms with E-state index >= 15 is 0 Å². The Kier molecular flexibility index (Phi) is 12.4. The molecule has 2 aromatic heterocycles. The first-order chi connectivity index (χ1) is 26.9. The van der Waals surface area contributed by atoms with Gasteiger partial charge in [0.25, 0.3) is 5.91 Å². The van der Waals surface area contributed by atoms with Crippen molar-refractivity contribution in [2.75, 3.05) is 45.9 Å². The van der Waals surface area contributed by atoms with Gasteiger partial charge in [0, 0.05) is 38.3 Å². The second-order valence-corrected chi connectivity index (χ2v) is 15.5. The number of thiazole rings is 1. The molecule has 0 saturated carbocycles. The van der Waals surface area contributed by atoms with Gasteiger partial charge in [-0.05, 0) is 61.2 Å². The number of nitrogens with zero attached hydrogens (tertiary/aromatic N) is 2. The summed E-state index contributed by atoms with van der Waals surface area (Å²) in [6.07, 6.45) is -10.6. The Morgan fingerprint density at radius 3 is 2.32 bits per heavy atom. The molecule has 2 aliphatic heterocycles. The fourth-order valence-corrected chi connectivity index (χ4v) is 8.43. The molecule has 0 aliphatic carbocycles. The van der Waals surface area contributed by atoms with E-state index in [4.69, 9.17) is 9.47 Å². The van der Waals surface area contributed by atoms with Crippen molar-refractivity contribution in [3.63, 3.8) is 0 Å². The number of aromatic nitrogens is 1. The van der Waals surface area contributed by atoms with Crippen LogP contribution in [0.5, 0.6) is 5.75 Å². The zero-order chi connectivity index (χ0) is 41.1. The van der Waals surface area contributed by atoms with Crippen LogP contribution in [0.25, 0.3) is 10.2 Å². The third-order valence-electron chi connectivity index (χ3n) is 9.48. The Morgan fingerprint density at radius 1 is 0.930 bits per heavy atom. The van der Waals surface area contributed by atoms with E-state index < -0.39 is 52.6 Å². The Bertz CT molecular complexity index is 2190. The molecule has 1 unspecified atom stereocenters. The highest BCUT2D eigenvalue weighted by Gasteiger charge is 2.44. The van der Waals surface area contributed by atoms with E-state index in [1.165, 1.54) is 12.1 Å². The number of thiophene rings is 1. The van der Waals surface area contributed by atoms with Crippen LogP contribution in [0.2, 0.25) is 0 Å². The fourth-order valence-electron chi connectivity index (χ4n) is 6.71. The quantitative estimate of drug-likeness (QED) is 0.0733. The lowest BCUT2D eigenvalue weighted by Crippen LogP contribution is -2.57. The van der Waals surface area contributed by atoms with Crippen molar-refractivity contribution in [2.45, 2.75) is 49.9 Å². The molecule has 1 amide bonds. The molecule has 4 heterocycles. The van der Waals surface area contributed by atoms with Crippen LogP contribution in [-0.4, -0.2) is 108 Å². The van der Waals surface area contributed by atoms with Crippen molar-refractivity contribution >= 4 is 56.7 Å². The number of carboxylic acid groups (broad SMARTS) is 1. The molecular weight excluding hydrogens is 811 g/mol. The number of esters is 2. The predicted octanol–water partition coefficient (Wildman–Crippen LogP) is 5.30. The minimum Gasteiger partial charge on any atom is -0.477 e. The molecule has 2 saturated heterocycles. The van der Waals surface area contributed by atoms with Crippen molar-refractivity contribution in [2.24, 2.45) is 0 Å². The Labute approximate surface area is 327 Å². The average molecular weight is 845 g/mol. The van der Waals surface area contributed by atoms with Crippen LogP contribution in [-0.2, 0) is 32.0 Å². The normalized spacial score (nSPS) is 16.8. The number of amides is 1. The molecule has 1 spiro atoms. The number of H-pyrrole nitrogens is 1. The molecule has 3 N–H and O–H groups in total. The van der Waals surface area contributed by atoms with Crippen LogP contribution in [0.3, 0.4) is 0 Å². The van der Waals surface area contributed by atoms with Crippen LogP contribution >= 0.6 is 22.7 Å². The molecule has 6 rings (SSSR count). The van der Waals surface area contributed by atoms with Gasteiger partial charge in [-0.2, -0.15) is 26.3 Å². The summed E-state index contributed by atoms with van der Waals surface area (Å²) in [5.41, 5.74) is 0.868. The monoisotopic (exact) mass is 844 g/mol. The van der Waals surface area contributed by atoms with Crippen LogP contribution in [0.1, 0.15) is 55.0 Å². The number of carbonyl (C=O) groups excluding carboxylic acids is 3. The SMILES string of the molecule is O=C(O)c1ccc(C(=O)N2CCOC3(CCN(Cc4cccc(CCNCC(OC(=O)C(F)(F)F)c5ccc(OC(=O)C(F)(F)F)c6[nH]c(=O)sc56)c4)CC3)C2)s1. The molecule has 306 valence electrons. The summed E-state index contributed by atoms with van der Waals surface area (Å²) in [6.45, 7) is 3.03. The van der Waals surface area contributed by atoms with Gasteiger partial charge < -0.3 is 34.5 Å². The number of hydrogen-bond acceptors (Lipinski definition) is 12. The Hall–Kier alpha value is -4.83. The highest BCUT2D eigenvalue weighted by molar-refractivity contribution is 7.16. The van der Waals surface area contributed by atoms with E-state index in [2.05, 4.69) is 19.9 Å². The molecule has 13 nitrogen and oxygen atoms in total. The second kappa shape index (κ2) is 16.9. The molecule has 2 aromatic carbocycles. The van der Waals surface area contributed by atoms with Gasteiger partial charge in [0.05, 0.1) is 28.3 Å². The van der Waals surface area contributed by atoms with Crippen molar-refractivity contribution in [1.82, 2.24) is 20.1 Å². The van der Waals surface area contributed by atoms with Crippen LogP contribution < -0.4 is 14.9 Å². The standard InChI is InChI=1S/C36H34F6N4O9S2/c37-35(38,39)31(50)54-23-5-4-22(28-27(23)44-33(52)57-28)24(55-32(51)36(40,41)42)17-43-11-8-20-2-1-3-21(16-20)18-45-12-9-34(10-13-45)19-46(14-15-53-34)29(47)25-6-7-26(56-25)30(48)49/h1-7,16,24,43H,8-15,17-19H2,(H,44,52)(H,48,49). The molecule has 57 heavy (non-hydrogen) atoms. The number of halogens is 6. The highest BCUT2D eigenvalue weighted by atomic mass is 32.1. The van der Waals surface area contributed by atoms with Gasteiger partial charge in [-0.25, -0.2) is 14.4 Å². The molecule has 21 heteroatoms. The number of alkyl halides is 6. The molecular formula is C36H34F6N4O9S2. The number of likely N-dealkylation sites (tertiary alicyclic amines) is 1. The molecule has 0 radical (unpaired) electrons. The number of carbonyl (C=O) groups is 4. The first-order valence-electron chi connectivity index (χ1n) is 17.4. The Morgan fingerprint density at radius 2 is 1.63 bits per heavy atom. The van der Waals surface area contributed by atoms with Gasteiger partial charge in [-0.1, -0.05) is 35.6 Å². The van der Waals surface area contributed by atoms with Gasteiger partial charge in [0.2, 0.25) is 0 Å². The number of piperidine rings is 1. The lowest BCUT2D eigenvalue weighted by molar-refractivity contribution is -0.205. The van der Waals surface area contributed by atoms with Crippen molar-refractivity contribution in [3.8, 4) is 5.75 Å². The highest BCUT2D eigenvalue weighted by Crippen LogP contribution is 2.36. The van der Waals surface area contributed by atoms with Crippen LogP contribution in [0, 0.1) is 0 Å². The third kappa shape index (κ3) is 10.2. The van der Waals surface area contributed by atoms with E-state index in [9.17, 15) is 55.4 Å². The first kappa shape index (κ1) is 41.8. The maximum Gasteiger partial charge on any atom is 0.491 e. The summed E-state index contributed by atoms with van der Waals surface area (Å²) < 4.78 is 93.4. The maximum absolute atomic E-state index is 13.2. The van der Waals surface area contributed by atoms with Crippen molar-refractivity contribution < 1.29 is 64.8 Å². The van der Waals surface area contributed by atoms with Gasteiger partial charge in [0.1, 0.15) is 16.5 Å². The third-order valence-corrected chi connectivity index (χ3v) is 11.5. The zero-order valence-corrected chi connectivity index (χ0v) is 31.3. The van der Waals surface area contributed by atoms with Crippen molar-refractivity contribution in [3.05, 3.63) is 84.6 Å². The lowest BCUT2D eigenvalue weighted by Gasteiger charge is -2.47. The fraction of sp³-hybridized carbons (Fsp3) is 0.417. The zero-order valence-electron chi connectivity index (χ0n) is 29.7. The molecule has 2 fully saturated rings. The summed E-state index contributed by atoms with van der Waals surface area (Å²) in [6, 6.07) is 12.5. The molecule has 2 aliphatic rings. The lowest BCUT2D eigenvalue weighted by atomic mass is 9.89. The van der Waals surface area contributed by atoms with E-state index in [1.807, 2.05) is 24.3 Å². The van der Waals surface area contributed by atoms with E-state index in [0.29, 0.717) is 74.8 Å². The van der Waals surface area contributed by atoms with Gasteiger partial charge in [0.15, 0.2) is 5.75 Å². The van der Waals surface area contributed by atoms with Gasteiger partial charge in [-0.15, -0.1) is 11.3 Å². The number of aromatic amines is 1.